The highest BCUT2D eigenvalue weighted by atomic mass is 32.1. The van der Waals surface area contributed by atoms with Gasteiger partial charge in [-0.2, -0.15) is 0 Å². The van der Waals surface area contributed by atoms with Gasteiger partial charge >= 0.3 is 0 Å². The highest BCUT2D eigenvalue weighted by molar-refractivity contribution is 7.80. The lowest BCUT2D eigenvalue weighted by Crippen LogP contribution is -2.36. The van der Waals surface area contributed by atoms with Gasteiger partial charge in [-0.15, -0.1) is 13.2 Å². The molecule has 0 aromatic heterocycles. The molecule has 0 amide bonds. The van der Waals surface area contributed by atoms with Crippen molar-refractivity contribution in [2.45, 2.75) is 33.5 Å². The fourth-order valence-electron chi connectivity index (χ4n) is 3.41. The first-order valence-corrected chi connectivity index (χ1v) is 8.90. The predicted octanol–water partition coefficient (Wildman–Crippen LogP) is 5.20. The van der Waals surface area contributed by atoms with Crippen molar-refractivity contribution >= 4 is 17.3 Å². The maximum atomic E-state index is 6.05. The van der Waals surface area contributed by atoms with Gasteiger partial charge in [0.2, 0.25) is 0 Å². The first-order valence-electron chi connectivity index (χ1n) is 8.49. The Morgan fingerprint density at radius 1 is 1.29 bits per heavy atom. The average Bonchev–Trinajstić information content (AvgIpc) is 2.92. The van der Waals surface area contributed by atoms with Crippen molar-refractivity contribution in [3.05, 3.63) is 61.2 Å². The van der Waals surface area contributed by atoms with Gasteiger partial charge in [0, 0.05) is 11.8 Å². The Bertz CT molecular complexity index is 579. The second kappa shape index (κ2) is 8.09. The van der Waals surface area contributed by atoms with E-state index in [-0.39, 0.29) is 23.4 Å². The second-order valence-corrected chi connectivity index (χ2v) is 7.55. The smallest absolute Gasteiger partial charge is 0.164 e. The normalized spacial score (nSPS) is 25.1. The number of hydrogen-bond donors (Lipinski definition) is 0. The number of rotatable bonds is 8. The minimum atomic E-state index is -0.118. The van der Waals surface area contributed by atoms with Crippen molar-refractivity contribution in [2.75, 3.05) is 6.61 Å². The summed E-state index contributed by atoms with van der Waals surface area (Å²) in [6.07, 6.45) is 3.92. The molecule has 3 heteroatoms. The van der Waals surface area contributed by atoms with Crippen LogP contribution >= 0.6 is 12.2 Å². The van der Waals surface area contributed by atoms with E-state index < -0.39 is 0 Å². The minimum Gasteiger partial charge on any atom is -0.481 e. The molecule has 0 saturated carbocycles. The summed E-state index contributed by atoms with van der Waals surface area (Å²) < 4.78 is 12.0. The van der Waals surface area contributed by atoms with Gasteiger partial charge in [-0.25, -0.2) is 0 Å². The molecule has 1 aromatic rings. The topological polar surface area (TPSA) is 18.5 Å². The third kappa shape index (κ3) is 4.14. The summed E-state index contributed by atoms with van der Waals surface area (Å²) in [5.74, 6) is 0.682. The molecular weight excluding hydrogens is 316 g/mol. The average molecular weight is 345 g/mol. The summed E-state index contributed by atoms with van der Waals surface area (Å²) in [5, 5.41) is 0.673. The molecule has 0 aliphatic carbocycles. The standard InChI is InChI=1S/C21H28O2S/c1-6-15(3)18-17(14-22-13-16-11-9-8-10-12-16)23-20(24)19(18)21(4,5)7-2/h6-12,15,17-19H,1-2,13-14H2,3-5H3. The molecule has 4 unspecified atom stereocenters. The number of hydrogen-bond acceptors (Lipinski definition) is 3. The van der Waals surface area contributed by atoms with Crippen molar-refractivity contribution < 1.29 is 9.47 Å². The SMILES string of the molecule is C=CC(C)C1C(COCc2ccccc2)OC(=S)C1C(C)(C)C=C. The van der Waals surface area contributed by atoms with E-state index >= 15 is 0 Å². The van der Waals surface area contributed by atoms with Gasteiger partial charge in [-0.3, -0.25) is 0 Å². The molecule has 1 aromatic carbocycles. The van der Waals surface area contributed by atoms with Gasteiger partial charge in [0.25, 0.3) is 0 Å². The van der Waals surface area contributed by atoms with Crippen LogP contribution in [-0.2, 0) is 16.1 Å². The first kappa shape index (κ1) is 18.9. The van der Waals surface area contributed by atoms with Crippen LogP contribution in [0.15, 0.2) is 55.6 Å². The van der Waals surface area contributed by atoms with Gasteiger partial charge in [0.05, 0.1) is 13.2 Å². The molecule has 4 atom stereocenters. The lowest BCUT2D eigenvalue weighted by atomic mass is 9.68. The zero-order valence-electron chi connectivity index (χ0n) is 14.9. The Hall–Kier alpha value is -1.45. The van der Waals surface area contributed by atoms with E-state index in [4.69, 9.17) is 21.7 Å². The zero-order valence-corrected chi connectivity index (χ0v) is 15.7. The number of thiocarbonyl (C=S) groups is 1. The second-order valence-electron chi connectivity index (χ2n) is 7.15. The first-order chi connectivity index (χ1) is 11.4. The lowest BCUT2D eigenvalue weighted by Gasteiger charge is -2.34. The Morgan fingerprint density at radius 3 is 2.54 bits per heavy atom. The van der Waals surface area contributed by atoms with Gasteiger partial charge in [0.1, 0.15) is 6.10 Å². The van der Waals surface area contributed by atoms with E-state index in [1.54, 1.807) is 0 Å². The summed E-state index contributed by atoms with van der Waals surface area (Å²) in [7, 11) is 0. The molecule has 0 N–H and O–H groups in total. The molecule has 0 radical (unpaired) electrons. The molecule has 1 aliphatic heterocycles. The van der Waals surface area contributed by atoms with Crippen LogP contribution < -0.4 is 0 Å². The van der Waals surface area contributed by atoms with Crippen LogP contribution in [-0.4, -0.2) is 17.8 Å². The van der Waals surface area contributed by atoms with Crippen molar-refractivity contribution in [1.29, 1.82) is 0 Å². The fraction of sp³-hybridized carbons (Fsp3) is 0.476. The molecule has 1 aliphatic rings. The molecule has 1 fully saturated rings. The van der Waals surface area contributed by atoms with Crippen molar-refractivity contribution in [1.82, 2.24) is 0 Å². The van der Waals surface area contributed by atoms with Crippen LogP contribution in [0, 0.1) is 23.2 Å². The van der Waals surface area contributed by atoms with Crippen molar-refractivity contribution in [3.63, 3.8) is 0 Å². The highest BCUT2D eigenvalue weighted by Crippen LogP contribution is 2.46. The largest absolute Gasteiger partial charge is 0.481 e. The molecule has 2 nitrogen and oxygen atoms in total. The van der Waals surface area contributed by atoms with Crippen LogP contribution in [0.1, 0.15) is 26.3 Å². The summed E-state index contributed by atoms with van der Waals surface area (Å²) in [6, 6.07) is 10.2. The summed E-state index contributed by atoms with van der Waals surface area (Å²) >= 11 is 5.56. The van der Waals surface area contributed by atoms with E-state index in [1.807, 2.05) is 30.4 Å². The Labute approximate surface area is 151 Å². The minimum absolute atomic E-state index is 0.0431. The zero-order chi connectivity index (χ0) is 17.7. The molecule has 0 bridgehead atoms. The van der Waals surface area contributed by atoms with E-state index in [0.29, 0.717) is 24.2 Å². The monoisotopic (exact) mass is 344 g/mol. The van der Waals surface area contributed by atoms with Crippen LogP contribution in [0.3, 0.4) is 0 Å². The van der Waals surface area contributed by atoms with Gasteiger partial charge in [-0.1, -0.05) is 63.3 Å². The van der Waals surface area contributed by atoms with E-state index in [9.17, 15) is 0 Å². The van der Waals surface area contributed by atoms with Gasteiger partial charge in [-0.05, 0) is 29.1 Å². The molecule has 2 rings (SSSR count). The van der Waals surface area contributed by atoms with Crippen molar-refractivity contribution in [3.8, 4) is 0 Å². The highest BCUT2D eigenvalue weighted by Gasteiger charge is 2.49. The van der Waals surface area contributed by atoms with Crippen LogP contribution in [0.4, 0.5) is 0 Å². The van der Waals surface area contributed by atoms with Gasteiger partial charge < -0.3 is 9.47 Å². The molecular formula is C21H28O2S. The third-order valence-corrected chi connectivity index (χ3v) is 5.39. The molecule has 24 heavy (non-hydrogen) atoms. The lowest BCUT2D eigenvalue weighted by molar-refractivity contribution is 0.0133. The quantitative estimate of drug-likeness (QED) is 0.477. The van der Waals surface area contributed by atoms with E-state index in [2.05, 4.69) is 46.1 Å². The molecule has 0 spiro atoms. The van der Waals surface area contributed by atoms with Crippen LogP contribution in [0.25, 0.3) is 0 Å². The summed E-state index contributed by atoms with van der Waals surface area (Å²) in [5.41, 5.74) is 1.04. The van der Waals surface area contributed by atoms with E-state index in [0.717, 1.165) is 5.56 Å². The summed E-state index contributed by atoms with van der Waals surface area (Å²) in [4.78, 5) is 0. The maximum Gasteiger partial charge on any atom is 0.164 e. The van der Waals surface area contributed by atoms with Crippen molar-refractivity contribution in [2.24, 2.45) is 23.2 Å². The number of benzene rings is 1. The van der Waals surface area contributed by atoms with Crippen LogP contribution in [0.5, 0.6) is 0 Å². The number of ether oxygens (including phenoxy) is 2. The predicted molar refractivity (Wildman–Crippen MR) is 104 cm³/mol. The van der Waals surface area contributed by atoms with Gasteiger partial charge in [0.15, 0.2) is 5.05 Å². The molecule has 1 heterocycles. The molecule has 130 valence electrons. The number of allylic oxidation sites excluding steroid dienone is 2. The van der Waals surface area contributed by atoms with E-state index in [1.165, 1.54) is 0 Å². The Kier molecular flexibility index (Phi) is 6.36. The molecule has 1 saturated heterocycles. The Balaban J connectivity index is 2.09. The fourth-order valence-corrected chi connectivity index (χ4v) is 4.00. The summed E-state index contributed by atoms with van der Waals surface area (Å²) in [6.45, 7) is 15.6. The van der Waals surface area contributed by atoms with Crippen LogP contribution in [0.2, 0.25) is 0 Å². The Morgan fingerprint density at radius 2 is 1.96 bits per heavy atom. The third-order valence-electron chi connectivity index (χ3n) is 5.04. The maximum absolute atomic E-state index is 6.05.